The maximum Gasteiger partial charge on any atom is 0.222 e. The second kappa shape index (κ2) is 6.06. The van der Waals surface area contributed by atoms with Gasteiger partial charge in [-0.2, -0.15) is 0 Å². The Bertz CT molecular complexity index is 446. The van der Waals surface area contributed by atoms with E-state index in [9.17, 15) is 9.90 Å². The number of likely N-dealkylation sites (tertiary alicyclic amines) is 1. The van der Waals surface area contributed by atoms with Gasteiger partial charge < -0.3 is 15.7 Å². The van der Waals surface area contributed by atoms with Gasteiger partial charge in [-0.15, -0.1) is 0 Å². The molecule has 1 aromatic carbocycles. The van der Waals surface area contributed by atoms with Crippen LogP contribution >= 0.6 is 0 Å². The maximum atomic E-state index is 12.1. The molecule has 3 N–H and O–H groups in total. The first-order valence-corrected chi connectivity index (χ1v) is 6.86. The smallest absolute Gasteiger partial charge is 0.222 e. The molecule has 19 heavy (non-hydrogen) atoms. The van der Waals surface area contributed by atoms with Crippen molar-refractivity contribution in [3.63, 3.8) is 0 Å². The fourth-order valence-corrected chi connectivity index (χ4v) is 2.57. The summed E-state index contributed by atoms with van der Waals surface area (Å²) in [6.07, 6.45) is 1.81. The second-order valence-electron chi connectivity index (χ2n) is 5.37. The zero-order valence-corrected chi connectivity index (χ0v) is 11.4. The van der Waals surface area contributed by atoms with Crippen LogP contribution in [0.15, 0.2) is 24.3 Å². The predicted octanol–water partition coefficient (Wildman–Crippen LogP) is 1.43. The summed E-state index contributed by atoms with van der Waals surface area (Å²) in [6, 6.07) is 7.66. The molecule has 0 aromatic heterocycles. The van der Waals surface area contributed by atoms with Crippen molar-refractivity contribution in [3.05, 3.63) is 29.8 Å². The lowest BCUT2D eigenvalue weighted by atomic mass is 10.0. The Morgan fingerprint density at radius 2 is 2.37 bits per heavy atom. The summed E-state index contributed by atoms with van der Waals surface area (Å²) in [5, 5.41) is 9.54. The van der Waals surface area contributed by atoms with Crippen molar-refractivity contribution in [2.45, 2.75) is 32.3 Å². The normalized spacial score (nSPS) is 20.5. The van der Waals surface area contributed by atoms with Crippen molar-refractivity contribution in [2.24, 2.45) is 5.92 Å². The first-order valence-electron chi connectivity index (χ1n) is 6.86. The molecule has 0 aliphatic carbocycles. The van der Waals surface area contributed by atoms with E-state index >= 15 is 0 Å². The number of benzene rings is 1. The van der Waals surface area contributed by atoms with Gasteiger partial charge in [0, 0.05) is 31.1 Å². The number of rotatable bonds is 4. The second-order valence-corrected chi connectivity index (χ2v) is 5.37. The van der Waals surface area contributed by atoms with E-state index in [4.69, 9.17) is 5.73 Å². The number of nitrogen functional groups attached to an aromatic ring is 1. The van der Waals surface area contributed by atoms with Crippen LogP contribution in [0.25, 0.3) is 0 Å². The van der Waals surface area contributed by atoms with Crippen LogP contribution < -0.4 is 5.73 Å². The average molecular weight is 262 g/mol. The number of anilines is 1. The number of amides is 1. The lowest BCUT2D eigenvalue weighted by Crippen LogP contribution is -2.30. The lowest BCUT2D eigenvalue weighted by Gasteiger charge is -2.17. The summed E-state index contributed by atoms with van der Waals surface area (Å²) in [7, 11) is 0. The summed E-state index contributed by atoms with van der Waals surface area (Å²) in [5.41, 5.74) is 7.55. The van der Waals surface area contributed by atoms with Crippen LogP contribution in [0.1, 0.15) is 25.3 Å². The Labute approximate surface area is 114 Å². The molecule has 2 unspecified atom stereocenters. The third-order valence-electron chi connectivity index (χ3n) is 3.84. The van der Waals surface area contributed by atoms with Crippen molar-refractivity contribution >= 4 is 11.6 Å². The molecule has 104 valence electrons. The molecule has 1 fully saturated rings. The predicted molar refractivity (Wildman–Crippen MR) is 75.5 cm³/mol. The van der Waals surface area contributed by atoms with Crippen LogP contribution in [-0.4, -0.2) is 35.1 Å². The molecule has 1 saturated heterocycles. The number of aliphatic hydroxyl groups excluding tert-OH is 1. The van der Waals surface area contributed by atoms with E-state index in [1.165, 1.54) is 0 Å². The van der Waals surface area contributed by atoms with Crippen molar-refractivity contribution in [1.82, 2.24) is 4.90 Å². The van der Waals surface area contributed by atoms with Gasteiger partial charge in [-0.25, -0.2) is 0 Å². The maximum absolute atomic E-state index is 12.1. The molecule has 0 bridgehead atoms. The molecule has 2 atom stereocenters. The van der Waals surface area contributed by atoms with Crippen LogP contribution in [-0.2, 0) is 11.2 Å². The van der Waals surface area contributed by atoms with Gasteiger partial charge in [0.2, 0.25) is 5.91 Å². The van der Waals surface area contributed by atoms with Gasteiger partial charge in [0.1, 0.15) is 0 Å². The van der Waals surface area contributed by atoms with Gasteiger partial charge in [-0.05, 0) is 37.5 Å². The first kappa shape index (κ1) is 13.9. The Balaban J connectivity index is 1.82. The molecule has 4 heteroatoms. The Hall–Kier alpha value is -1.55. The highest BCUT2D eigenvalue weighted by molar-refractivity contribution is 5.76. The average Bonchev–Trinajstić information content (AvgIpc) is 2.86. The van der Waals surface area contributed by atoms with Crippen LogP contribution in [0.2, 0.25) is 0 Å². The zero-order chi connectivity index (χ0) is 13.8. The molecule has 2 rings (SSSR count). The van der Waals surface area contributed by atoms with Gasteiger partial charge in [-0.3, -0.25) is 4.79 Å². The van der Waals surface area contributed by atoms with Gasteiger partial charge in [0.25, 0.3) is 0 Å². The molecule has 0 radical (unpaired) electrons. The van der Waals surface area contributed by atoms with Crippen molar-refractivity contribution in [1.29, 1.82) is 0 Å². The molecule has 1 aromatic rings. The fourth-order valence-electron chi connectivity index (χ4n) is 2.57. The number of nitrogens with two attached hydrogens (primary N) is 1. The molecular formula is C15H22N2O2. The van der Waals surface area contributed by atoms with E-state index < -0.39 is 0 Å². The van der Waals surface area contributed by atoms with Crippen molar-refractivity contribution < 1.29 is 9.90 Å². The van der Waals surface area contributed by atoms with Gasteiger partial charge in [-0.1, -0.05) is 12.1 Å². The third-order valence-corrected chi connectivity index (χ3v) is 3.84. The monoisotopic (exact) mass is 262 g/mol. The molecule has 1 aliphatic heterocycles. The summed E-state index contributed by atoms with van der Waals surface area (Å²) in [4.78, 5) is 13.9. The minimum Gasteiger partial charge on any atom is -0.399 e. The highest BCUT2D eigenvalue weighted by Crippen LogP contribution is 2.20. The number of hydrogen-bond acceptors (Lipinski definition) is 3. The van der Waals surface area contributed by atoms with E-state index in [-0.39, 0.29) is 17.9 Å². The summed E-state index contributed by atoms with van der Waals surface area (Å²) in [5.74, 6) is 0.405. The molecule has 1 heterocycles. The Morgan fingerprint density at radius 3 is 3.00 bits per heavy atom. The van der Waals surface area contributed by atoms with E-state index in [0.29, 0.717) is 13.0 Å². The molecule has 0 spiro atoms. The topological polar surface area (TPSA) is 66.6 Å². The fraction of sp³-hybridized carbons (Fsp3) is 0.533. The quantitative estimate of drug-likeness (QED) is 0.807. The van der Waals surface area contributed by atoms with Gasteiger partial charge in [0.05, 0.1) is 6.10 Å². The number of aliphatic hydroxyl groups is 1. The van der Waals surface area contributed by atoms with E-state index in [2.05, 4.69) is 0 Å². The lowest BCUT2D eigenvalue weighted by molar-refractivity contribution is -0.130. The number of aryl methyl sites for hydroxylation is 1. The van der Waals surface area contributed by atoms with Crippen LogP contribution in [0.3, 0.4) is 0 Å². The first-order chi connectivity index (χ1) is 9.06. The number of carbonyl (C=O) groups is 1. The standard InChI is InChI=1S/C15H22N2O2/c1-11(18)13-7-8-17(10-13)15(19)6-5-12-3-2-4-14(16)9-12/h2-4,9,11,13,18H,5-8,10,16H2,1H3. The summed E-state index contributed by atoms with van der Waals surface area (Å²) < 4.78 is 0. The highest BCUT2D eigenvalue weighted by Gasteiger charge is 2.28. The van der Waals surface area contributed by atoms with Crippen LogP contribution in [0.5, 0.6) is 0 Å². The summed E-state index contributed by atoms with van der Waals surface area (Å²) in [6.45, 7) is 3.25. The third kappa shape index (κ3) is 3.70. The minimum atomic E-state index is -0.327. The number of nitrogens with zero attached hydrogens (tertiary/aromatic N) is 1. The minimum absolute atomic E-state index is 0.172. The SMILES string of the molecule is CC(O)C1CCN(C(=O)CCc2cccc(N)c2)C1. The van der Waals surface area contributed by atoms with E-state index in [1.807, 2.05) is 29.2 Å². The van der Waals surface area contributed by atoms with Gasteiger partial charge in [0.15, 0.2) is 0 Å². The van der Waals surface area contributed by atoms with Crippen molar-refractivity contribution in [3.8, 4) is 0 Å². The van der Waals surface area contributed by atoms with Crippen molar-refractivity contribution in [2.75, 3.05) is 18.8 Å². The molecule has 1 aliphatic rings. The molecular weight excluding hydrogens is 240 g/mol. The molecule has 0 saturated carbocycles. The molecule has 4 nitrogen and oxygen atoms in total. The van der Waals surface area contributed by atoms with E-state index in [0.717, 1.165) is 30.6 Å². The number of hydrogen-bond donors (Lipinski definition) is 2. The van der Waals surface area contributed by atoms with Gasteiger partial charge >= 0.3 is 0 Å². The Morgan fingerprint density at radius 1 is 1.58 bits per heavy atom. The van der Waals surface area contributed by atoms with Crippen LogP contribution in [0.4, 0.5) is 5.69 Å². The van der Waals surface area contributed by atoms with Crippen LogP contribution in [0, 0.1) is 5.92 Å². The summed E-state index contributed by atoms with van der Waals surface area (Å²) >= 11 is 0. The Kier molecular flexibility index (Phi) is 4.43. The number of carbonyl (C=O) groups excluding carboxylic acids is 1. The molecule has 1 amide bonds. The zero-order valence-electron chi connectivity index (χ0n) is 11.4. The largest absolute Gasteiger partial charge is 0.399 e. The van der Waals surface area contributed by atoms with E-state index in [1.54, 1.807) is 6.92 Å². The highest BCUT2D eigenvalue weighted by atomic mass is 16.3.